The molecule has 69 valence electrons. The molecule has 0 amide bonds. The number of unbranched alkanes of at least 4 members (excludes halogenated alkanes) is 3. The fraction of sp³-hybridized carbons (Fsp3) is 0.800. The van der Waals surface area contributed by atoms with E-state index in [1.165, 1.54) is 25.7 Å². The molecular formula is C10H19BrZn-. The Hall–Kier alpha value is 0.843. The Bertz CT molecular complexity index is 91.8. The summed E-state index contributed by atoms with van der Waals surface area (Å²) in [5, 5.41) is 0. The minimum absolute atomic E-state index is 0. The van der Waals surface area contributed by atoms with Crippen LogP contribution in [0.25, 0.3) is 0 Å². The topological polar surface area (TPSA) is 0 Å². The average molecular weight is 285 g/mol. The molecule has 0 saturated heterocycles. The number of hydrogen-bond acceptors (Lipinski definition) is 0. The van der Waals surface area contributed by atoms with E-state index in [9.17, 15) is 0 Å². The molecule has 0 N–H and O–H groups in total. The molecule has 0 aliphatic rings. The number of halogens is 1. The monoisotopic (exact) mass is 282 g/mol. The number of allylic oxidation sites excluding steroid dienone is 1. The largest absolute Gasteiger partial charge is 1.00 e. The minimum atomic E-state index is 0. The van der Waals surface area contributed by atoms with Crippen molar-refractivity contribution in [2.24, 2.45) is 0 Å². The second-order valence-corrected chi connectivity index (χ2v) is 2.82. The van der Waals surface area contributed by atoms with Crippen LogP contribution in [0.4, 0.5) is 0 Å². The Labute approximate surface area is 101 Å². The van der Waals surface area contributed by atoms with Gasteiger partial charge in [0.1, 0.15) is 0 Å². The second-order valence-electron chi connectivity index (χ2n) is 2.82. The molecule has 1 radical (unpaired) electrons. The Morgan fingerprint density at radius 1 is 1.08 bits per heavy atom. The van der Waals surface area contributed by atoms with Crippen molar-refractivity contribution in [1.29, 1.82) is 0 Å². The minimum Gasteiger partial charge on any atom is -1.00 e. The maximum atomic E-state index is 5.67. The van der Waals surface area contributed by atoms with Crippen molar-refractivity contribution >= 4 is 0 Å². The first-order valence-electron chi connectivity index (χ1n) is 4.41. The molecule has 0 nitrogen and oxygen atoms in total. The van der Waals surface area contributed by atoms with Crippen LogP contribution in [0, 0.1) is 6.58 Å². The molecule has 0 spiro atoms. The maximum absolute atomic E-state index is 5.67. The Morgan fingerprint density at radius 2 is 1.67 bits per heavy atom. The SMILES string of the molecule is [Br-].[CH]=C(CC)CCCCCC.[Zn]. The van der Waals surface area contributed by atoms with Gasteiger partial charge in [-0.2, -0.15) is 0 Å². The van der Waals surface area contributed by atoms with E-state index in [4.69, 9.17) is 6.58 Å². The van der Waals surface area contributed by atoms with Gasteiger partial charge in [0.25, 0.3) is 0 Å². The van der Waals surface area contributed by atoms with Gasteiger partial charge < -0.3 is 17.0 Å². The summed E-state index contributed by atoms with van der Waals surface area (Å²) in [7, 11) is 0. The van der Waals surface area contributed by atoms with Gasteiger partial charge >= 0.3 is 0 Å². The summed E-state index contributed by atoms with van der Waals surface area (Å²) in [6.45, 7) is 10.0. The van der Waals surface area contributed by atoms with Gasteiger partial charge in [-0.25, -0.2) is 0 Å². The van der Waals surface area contributed by atoms with E-state index in [1.807, 2.05) is 0 Å². The van der Waals surface area contributed by atoms with Gasteiger partial charge in [-0.3, -0.25) is 0 Å². The summed E-state index contributed by atoms with van der Waals surface area (Å²) in [6.07, 6.45) is 7.48. The number of hydrogen-bond donors (Lipinski definition) is 0. The molecule has 2 heteroatoms. The zero-order valence-corrected chi connectivity index (χ0v) is 13.0. The molecule has 0 aromatic rings. The van der Waals surface area contributed by atoms with Crippen LogP contribution < -0.4 is 17.0 Å². The van der Waals surface area contributed by atoms with Gasteiger partial charge in [0.05, 0.1) is 0 Å². The van der Waals surface area contributed by atoms with Gasteiger partial charge in [0.2, 0.25) is 0 Å². The summed E-state index contributed by atoms with van der Waals surface area (Å²) in [6, 6.07) is 0. The van der Waals surface area contributed by atoms with Crippen LogP contribution in [0.15, 0.2) is 5.57 Å². The van der Waals surface area contributed by atoms with Crippen molar-refractivity contribution in [3.8, 4) is 0 Å². The molecule has 0 aromatic heterocycles. The summed E-state index contributed by atoms with van der Waals surface area (Å²) >= 11 is 0. The molecule has 0 saturated carbocycles. The summed E-state index contributed by atoms with van der Waals surface area (Å²) in [5.41, 5.74) is 1.16. The predicted molar refractivity (Wildman–Crippen MR) is 46.9 cm³/mol. The molecule has 0 rings (SSSR count). The van der Waals surface area contributed by atoms with Crippen LogP contribution in [0.1, 0.15) is 52.4 Å². The zero-order valence-electron chi connectivity index (χ0n) is 8.41. The Kier molecular flexibility index (Phi) is 22.3. The Morgan fingerprint density at radius 3 is 2.08 bits per heavy atom. The maximum Gasteiger partial charge on any atom is 0 e. The molecular weight excluding hydrogens is 265 g/mol. The van der Waals surface area contributed by atoms with Crippen molar-refractivity contribution in [3.05, 3.63) is 12.2 Å². The summed E-state index contributed by atoms with van der Waals surface area (Å²) < 4.78 is 0. The molecule has 0 aliphatic carbocycles. The molecule has 0 heterocycles. The normalized spacial score (nSPS) is 8.17. The first kappa shape index (κ1) is 18.6. The molecule has 12 heavy (non-hydrogen) atoms. The van der Waals surface area contributed by atoms with Crippen molar-refractivity contribution in [1.82, 2.24) is 0 Å². The van der Waals surface area contributed by atoms with E-state index >= 15 is 0 Å². The van der Waals surface area contributed by atoms with Crippen LogP contribution in [-0.4, -0.2) is 0 Å². The van der Waals surface area contributed by atoms with Gasteiger partial charge in [-0.1, -0.05) is 45.3 Å². The smallest absolute Gasteiger partial charge is 0 e. The Balaban J connectivity index is -0.000000405. The van der Waals surface area contributed by atoms with Gasteiger partial charge in [0.15, 0.2) is 0 Å². The van der Waals surface area contributed by atoms with Crippen LogP contribution in [0.5, 0.6) is 0 Å². The van der Waals surface area contributed by atoms with Crippen molar-refractivity contribution in [2.75, 3.05) is 0 Å². The quantitative estimate of drug-likeness (QED) is 0.498. The van der Waals surface area contributed by atoms with Crippen molar-refractivity contribution < 1.29 is 36.5 Å². The third-order valence-electron chi connectivity index (χ3n) is 1.81. The van der Waals surface area contributed by atoms with Gasteiger partial charge in [-0.05, 0) is 19.3 Å². The fourth-order valence-electron chi connectivity index (χ4n) is 0.956. The van der Waals surface area contributed by atoms with E-state index < -0.39 is 0 Å². The third-order valence-corrected chi connectivity index (χ3v) is 1.81. The van der Waals surface area contributed by atoms with E-state index in [2.05, 4.69) is 13.8 Å². The second kappa shape index (κ2) is 14.4. The van der Waals surface area contributed by atoms with Gasteiger partial charge in [-0.15, -0.1) is 0 Å². The third kappa shape index (κ3) is 13.4. The summed E-state index contributed by atoms with van der Waals surface area (Å²) in [4.78, 5) is 0. The average Bonchev–Trinajstić information content (AvgIpc) is 1.98. The first-order valence-corrected chi connectivity index (χ1v) is 4.41. The molecule has 0 bridgehead atoms. The number of rotatable bonds is 6. The van der Waals surface area contributed by atoms with Crippen LogP contribution in [0.3, 0.4) is 0 Å². The predicted octanol–water partition coefficient (Wildman–Crippen LogP) is 0.728. The molecule has 0 atom stereocenters. The van der Waals surface area contributed by atoms with E-state index in [0.29, 0.717) is 0 Å². The van der Waals surface area contributed by atoms with Crippen LogP contribution in [0.2, 0.25) is 0 Å². The standard InChI is InChI=1S/C10H19.BrH.Zn/c1-4-6-7-8-9-10(3)5-2;;/h3H,4-9H2,1-2H3;1H;/p-1. The van der Waals surface area contributed by atoms with Gasteiger partial charge in [0, 0.05) is 19.5 Å². The molecule has 0 unspecified atom stereocenters. The fourth-order valence-corrected chi connectivity index (χ4v) is 0.956. The van der Waals surface area contributed by atoms with Crippen molar-refractivity contribution in [3.63, 3.8) is 0 Å². The van der Waals surface area contributed by atoms with Crippen molar-refractivity contribution in [2.45, 2.75) is 52.4 Å². The molecule has 0 aliphatic heterocycles. The van der Waals surface area contributed by atoms with E-state index in [1.54, 1.807) is 0 Å². The zero-order chi connectivity index (χ0) is 7.82. The van der Waals surface area contributed by atoms with Crippen LogP contribution >= 0.6 is 0 Å². The molecule has 0 aromatic carbocycles. The van der Waals surface area contributed by atoms with E-state index in [0.717, 1.165) is 18.4 Å². The summed E-state index contributed by atoms with van der Waals surface area (Å²) in [5.74, 6) is 0. The first-order chi connectivity index (χ1) is 4.81. The van der Waals surface area contributed by atoms with Crippen LogP contribution in [-0.2, 0) is 19.5 Å². The van der Waals surface area contributed by atoms with E-state index in [-0.39, 0.29) is 36.5 Å². The molecule has 0 fully saturated rings.